The van der Waals surface area contributed by atoms with Crippen molar-refractivity contribution >= 4 is 57.3 Å². The van der Waals surface area contributed by atoms with Crippen LogP contribution in [0.15, 0.2) is 138 Å². The number of rotatable bonds is 6. The van der Waals surface area contributed by atoms with Crippen molar-refractivity contribution < 1.29 is 24.5 Å². The first kappa shape index (κ1) is 43.6. The molecule has 0 bridgehead atoms. The molecule has 63 heavy (non-hydrogen) atoms. The van der Waals surface area contributed by atoms with Gasteiger partial charge in [-0.05, 0) is 78.9 Å². The van der Waals surface area contributed by atoms with E-state index in [9.17, 15) is 0 Å². The van der Waals surface area contributed by atoms with Crippen molar-refractivity contribution in [3.8, 4) is 39.5 Å². The van der Waals surface area contributed by atoms with E-state index in [-0.39, 0.29) is 25.5 Å². The first-order chi connectivity index (χ1) is 29.7. The molecule has 0 unspecified atom stereocenters. The van der Waals surface area contributed by atoms with E-state index in [1.807, 2.05) is 56.3 Å². The maximum absolute atomic E-state index is 6.47. The third-order valence-corrected chi connectivity index (χ3v) is 13.5. The summed E-state index contributed by atoms with van der Waals surface area (Å²) in [4.78, 5) is 19.7. The number of furan rings is 1. The van der Waals surface area contributed by atoms with Crippen molar-refractivity contribution in [1.29, 1.82) is 0 Å². The minimum atomic E-state index is -1.37. The number of aryl methyl sites for hydroxylation is 3. The molecule has 1 radical (unpaired) electrons. The number of para-hydroxylation sites is 1. The Labute approximate surface area is 384 Å². The molecule has 0 saturated heterocycles. The van der Waals surface area contributed by atoms with Crippen LogP contribution >= 0.6 is 0 Å². The van der Waals surface area contributed by atoms with E-state index >= 15 is 0 Å². The molecule has 0 aliphatic heterocycles. The van der Waals surface area contributed by atoms with E-state index in [0.29, 0.717) is 5.71 Å². The number of nitrogens with zero attached hydrogens (tertiary/aromatic N) is 5. The van der Waals surface area contributed by atoms with Gasteiger partial charge >= 0.3 is 0 Å². The molecule has 6 nitrogen and oxygen atoms in total. The van der Waals surface area contributed by atoms with E-state index in [4.69, 9.17) is 24.4 Å². The summed E-state index contributed by atoms with van der Waals surface area (Å²) in [7, 11) is -1.37. The Bertz CT molecular complexity index is 3270. The zero-order valence-electron chi connectivity index (χ0n) is 37.4. The summed E-state index contributed by atoms with van der Waals surface area (Å²) in [6, 6.07) is 50.5. The molecule has 5 heterocycles. The second kappa shape index (κ2) is 17.3. The number of benzene rings is 5. The summed E-state index contributed by atoms with van der Waals surface area (Å²) in [5.74, 6) is 0.747. The fourth-order valence-electron chi connectivity index (χ4n) is 8.38. The van der Waals surface area contributed by atoms with E-state index in [1.54, 1.807) is 0 Å². The standard InChI is InChI=1S/C36H25N4O.C19H26NSi.Ir/c1-21-20-29-27-13-9-14-28(34(27)41-36(29)38-23(21)3)35-39-30-19-18-25-17-16-22(2)37-32(25)33(30)40(35)31-15-8-7-12-26(31)24-10-5-4-6-11-24;1-19(2,3)13-16-12-17(15-10-8-7-9-11-15)20-14-18(16)21(4,5)6;/h4-13,15-20H,1-3H3;7-10,12,14H,13H2,1-6H3;/q2*-1;. The Morgan fingerprint density at radius 2 is 1.48 bits per heavy atom. The van der Waals surface area contributed by atoms with Crippen molar-refractivity contribution in [1.82, 2.24) is 24.5 Å². The number of fused-ring (bicyclic) bond motifs is 6. The Morgan fingerprint density at radius 1 is 0.730 bits per heavy atom. The largest absolute Gasteiger partial charge is 0.486 e. The molecule has 0 spiro atoms. The summed E-state index contributed by atoms with van der Waals surface area (Å²) in [5.41, 5.74) is 15.0. The first-order valence-corrected chi connectivity index (χ1v) is 24.9. The van der Waals surface area contributed by atoms with Gasteiger partial charge in [0.15, 0.2) is 0 Å². The van der Waals surface area contributed by atoms with Gasteiger partial charge in [0.1, 0.15) is 0 Å². The van der Waals surface area contributed by atoms with Gasteiger partial charge in [-0.15, -0.1) is 54.1 Å². The van der Waals surface area contributed by atoms with Gasteiger partial charge in [0, 0.05) is 59.7 Å². The predicted octanol–water partition coefficient (Wildman–Crippen LogP) is 13.6. The zero-order chi connectivity index (χ0) is 43.3. The summed E-state index contributed by atoms with van der Waals surface area (Å²) in [6.07, 6.45) is 3.21. The van der Waals surface area contributed by atoms with Crippen LogP contribution in [0.2, 0.25) is 19.6 Å². The SMILES string of the molecule is CC(C)(C)Cc1cc(-c2[c-]cccc2)ncc1[Si](C)(C)C.Cc1ccc2ccc3nc(-c4[c-]ccc5c4oc4nc(C)c(C)cc45)n(-c4ccccc4-c4ccccc4)c3c2n1.[Ir]. The van der Waals surface area contributed by atoms with Crippen LogP contribution in [0, 0.1) is 38.3 Å². The number of hydrogen-bond donors (Lipinski definition) is 0. The molecule has 317 valence electrons. The van der Waals surface area contributed by atoms with Gasteiger partial charge in [-0.3, -0.25) is 9.97 Å². The van der Waals surface area contributed by atoms with Gasteiger partial charge in [0.25, 0.3) is 0 Å². The third-order valence-electron chi connectivity index (χ3n) is 11.4. The minimum absolute atomic E-state index is 0. The fraction of sp³-hybridized carbons (Fsp3) is 0.200. The molecule has 0 fully saturated rings. The van der Waals surface area contributed by atoms with Gasteiger partial charge in [-0.1, -0.05) is 124 Å². The molecule has 0 atom stereocenters. The van der Waals surface area contributed by atoms with Crippen molar-refractivity contribution in [2.24, 2.45) is 5.41 Å². The molecule has 0 N–H and O–H groups in total. The van der Waals surface area contributed by atoms with Crippen molar-refractivity contribution in [3.63, 3.8) is 0 Å². The molecule has 0 aliphatic carbocycles. The second-order valence-electron chi connectivity index (χ2n) is 18.5. The monoisotopic (exact) mass is 1020 g/mol. The number of hydrogen-bond acceptors (Lipinski definition) is 5. The fourth-order valence-corrected chi connectivity index (χ4v) is 9.96. The van der Waals surface area contributed by atoms with Gasteiger partial charge in [0.2, 0.25) is 5.71 Å². The maximum Gasteiger partial charge on any atom is 0.216 e. The molecule has 10 rings (SSSR count). The molecule has 0 aliphatic rings. The van der Waals surface area contributed by atoms with Crippen LogP contribution < -0.4 is 5.19 Å². The summed E-state index contributed by atoms with van der Waals surface area (Å²) in [5, 5.41) is 4.54. The summed E-state index contributed by atoms with van der Waals surface area (Å²) < 4.78 is 8.70. The molecule has 10 aromatic rings. The average molecular weight is 1020 g/mol. The molecular weight excluding hydrogens is 967 g/mol. The zero-order valence-corrected chi connectivity index (χ0v) is 40.8. The van der Waals surface area contributed by atoms with E-state index in [1.165, 1.54) is 10.8 Å². The summed E-state index contributed by atoms with van der Waals surface area (Å²) in [6.45, 7) is 20.2. The van der Waals surface area contributed by atoms with Crippen molar-refractivity contribution in [3.05, 3.63) is 168 Å². The van der Waals surface area contributed by atoms with Gasteiger partial charge in [-0.2, -0.15) is 0 Å². The van der Waals surface area contributed by atoms with Crippen LogP contribution in [0.5, 0.6) is 0 Å². The van der Waals surface area contributed by atoms with Gasteiger partial charge in [0.05, 0.1) is 36.0 Å². The van der Waals surface area contributed by atoms with Crippen LogP contribution in [0.25, 0.3) is 83.5 Å². The molecule has 5 aromatic carbocycles. The molecule has 0 saturated carbocycles. The molecule has 0 amide bonds. The van der Waals surface area contributed by atoms with Crippen LogP contribution in [-0.4, -0.2) is 32.6 Å². The number of pyridine rings is 3. The Balaban J connectivity index is 0.000000210. The van der Waals surface area contributed by atoms with E-state index in [0.717, 1.165) is 101 Å². The maximum atomic E-state index is 6.47. The van der Waals surface area contributed by atoms with E-state index in [2.05, 4.69) is 155 Å². The Hall–Kier alpha value is -6.05. The van der Waals surface area contributed by atoms with Gasteiger partial charge in [-0.25, -0.2) is 4.98 Å². The van der Waals surface area contributed by atoms with E-state index < -0.39 is 8.07 Å². The van der Waals surface area contributed by atoms with Crippen LogP contribution in [0.1, 0.15) is 43.3 Å². The smallest absolute Gasteiger partial charge is 0.216 e. The van der Waals surface area contributed by atoms with Gasteiger partial charge < -0.3 is 14.0 Å². The third kappa shape index (κ3) is 8.68. The predicted molar refractivity (Wildman–Crippen MR) is 260 cm³/mol. The van der Waals surface area contributed by atoms with Crippen molar-refractivity contribution in [2.75, 3.05) is 0 Å². The number of aromatic nitrogens is 5. The second-order valence-corrected chi connectivity index (χ2v) is 23.6. The summed E-state index contributed by atoms with van der Waals surface area (Å²) >= 11 is 0. The molecule has 5 aromatic heterocycles. The van der Waals surface area contributed by atoms with Crippen LogP contribution in [0.3, 0.4) is 0 Å². The number of imidazole rings is 1. The quantitative estimate of drug-likeness (QED) is 0.123. The topological polar surface area (TPSA) is 69.6 Å². The Morgan fingerprint density at radius 3 is 2.22 bits per heavy atom. The molecule has 8 heteroatoms. The average Bonchev–Trinajstić information content (AvgIpc) is 3.82. The normalized spacial score (nSPS) is 11.8. The van der Waals surface area contributed by atoms with Crippen LogP contribution in [0.4, 0.5) is 0 Å². The van der Waals surface area contributed by atoms with Crippen LogP contribution in [-0.2, 0) is 26.5 Å². The minimum Gasteiger partial charge on any atom is -0.486 e. The van der Waals surface area contributed by atoms with Crippen molar-refractivity contribution in [2.45, 2.75) is 67.6 Å². The molecular formula is C55H51IrN5OSi-2. The Kier molecular flexibility index (Phi) is 11.9. The first-order valence-electron chi connectivity index (χ1n) is 21.4.